The maximum absolute atomic E-state index is 12.5. The summed E-state index contributed by atoms with van der Waals surface area (Å²) in [6, 6.07) is 15.5. The maximum Gasteiger partial charge on any atom is 0.251 e. The number of aromatic nitrogens is 1. The number of hydrogen-bond acceptors (Lipinski definition) is 6. The van der Waals surface area contributed by atoms with Crippen molar-refractivity contribution >= 4 is 49.1 Å². The van der Waals surface area contributed by atoms with Crippen molar-refractivity contribution < 1.29 is 17.6 Å². The first kappa shape index (κ1) is 20.5. The number of hydrogen-bond donors (Lipinski definition) is 2. The van der Waals surface area contributed by atoms with Crippen LogP contribution in [0.2, 0.25) is 5.02 Å². The largest absolute Gasteiger partial charge is 0.457 e. The summed E-state index contributed by atoms with van der Waals surface area (Å²) >= 11 is 7.48. The van der Waals surface area contributed by atoms with Gasteiger partial charge in [0.2, 0.25) is 10.0 Å². The molecule has 10 heteroatoms. The molecule has 0 unspecified atom stereocenters. The quantitative estimate of drug-likeness (QED) is 0.451. The van der Waals surface area contributed by atoms with Crippen molar-refractivity contribution in [2.75, 3.05) is 7.05 Å². The van der Waals surface area contributed by atoms with E-state index in [9.17, 15) is 13.2 Å². The first-order chi connectivity index (χ1) is 14.4. The normalized spacial score (nSPS) is 11.7. The average Bonchev–Trinajstić information content (AvgIpc) is 3.39. The van der Waals surface area contributed by atoms with Gasteiger partial charge < -0.3 is 9.73 Å². The van der Waals surface area contributed by atoms with Crippen LogP contribution in [-0.2, 0) is 16.6 Å². The van der Waals surface area contributed by atoms with Crippen LogP contribution in [-0.4, -0.2) is 26.4 Å². The van der Waals surface area contributed by atoms with Crippen molar-refractivity contribution in [1.29, 1.82) is 0 Å². The summed E-state index contributed by atoms with van der Waals surface area (Å²) in [6.45, 7) is 0.139. The first-order valence-electron chi connectivity index (χ1n) is 8.83. The fourth-order valence-corrected chi connectivity index (χ4v) is 4.97. The van der Waals surface area contributed by atoms with Crippen LogP contribution < -0.4 is 10.0 Å². The minimum absolute atomic E-state index is 0.0346. The van der Waals surface area contributed by atoms with Gasteiger partial charge in [0.1, 0.15) is 10.7 Å². The number of amides is 1. The molecule has 0 atom stereocenters. The lowest BCUT2D eigenvalue weighted by Crippen LogP contribution is -2.24. The third-order valence-corrected chi connectivity index (χ3v) is 7.29. The van der Waals surface area contributed by atoms with Crippen molar-refractivity contribution in [2.45, 2.75) is 11.4 Å². The zero-order valence-electron chi connectivity index (χ0n) is 15.7. The van der Waals surface area contributed by atoms with Crippen LogP contribution in [0.3, 0.4) is 0 Å². The van der Waals surface area contributed by atoms with E-state index in [2.05, 4.69) is 15.0 Å². The number of carbonyl (C=O) groups excluding carboxylic acids is 1. The van der Waals surface area contributed by atoms with E-state index in [4.69, 9.17) is 16.0 Å². The fourth-order valence-electron chi connectivity index (χ4n) is 2.80. The third kappa shape index (κ3) is 4.10. The molecule has 0 fully saturated rings. The Morgan fingerprint density at radius 3 is 2.73 bits per heavy atom. The second-order valence-electron chi connectivity index (χ2n) is 6.29. The highest BCUT2D eigenvalue weighted by Gasteiger charge is 2.19. The van der Waals surface area contributed by atoms with Crippen LogP contribution in [0.1, 0.15) is 16.1 Å². The number of nitrogens with one attached hydrogen (secondary N) is 2. The molecule has 4 aromatic rings. The molecule has 1 amide bonds. The third-order valence-electron chi connectivity index (χ3n) is 4.34. The zero-order chi connectivity index (χ0) is 21.3. The summed E-state index contributed by atoms with van der Waals surface area (Å²) in [5.41, 5.74) is 1.07. The second kappa shape index (κ2) is 8.19. The summed E-state index contributed by atoms with van der Waals surface area (Å²) in [5, 5.41) is 3.51. The standard InChI is InChI=1S/C20H16ClN3O4S2/c1-22-30(26,27)18-10-12(6-8-14(18)21)19(25)23-11-13-7-9-16(28-13)20-24-15-4-2-3-5-17(15)29-20/h2-10,22H,11H2,1H3,(H,23,25). The number of benzene rings is 2. The van der Waals surface area contributed by atoms with Crippen molar-refractivity contribution in [3.63, 3.8) is 0 Å². The van der Waals surface area contributed by atoms with Gasteiger partial charge in [0.25, 0.3) is 5.91 Å². The number of nitrogens with zero attached hydrogens (tertiary/aromatic N) is 1. The molecule has 7 nitrogen and oxygen atoms in total. The Kier molecular flexibility index (Phi) is 5.61. The van der Waals surface area contributed by atoms with Gasteiger partial charge in [-0.2, -0.15) is 0 Å². The molecule has 2 aromatic heterocycles. The highest BCUT2D eigenvalue weighted by molar-refractivity contribution is 7.89. The number of fused-ring (bicyclic) bond motifs is 1. The Bertz CT molecular complexity index is 1310. The van der Waals surface area contributed by atoms with Gasteiger partial charge in [-0.05, 0) is 49.5 Å². The SMILES string of the molecule is CNS(=O)(=O)c1cc(C(=O)NCc2ccc(-c3nc4ccccc4s3)o2)ccc1Cl. The molecule has 30 heavy (non-hydrogen) atoms. The van der Waals surface area contributed by atoms with Gasteiger partial charge >= 0.3 is 0 Å². The Hall–Kier alpha value is -2.72. The fraction of sp³-hybridized carbons (Fsp3) is 0.100. The molecule has 2 aromatic carbocycles. The van der Waals surface area contributed by atoms with Gasteiger partial charge in [-0.3, -0.25) is 4.79 Å². The Balaban J connectivity index is 1.48. The maximum atomic E-state index is 12.5. The summed E-state index contributed by atoms with van der Waals surface area (Å²) in [4.78, 5) is 16.9. The number of sulfonamides is 1. The van der Waals surface area contributed by atoms with Crippen molar-refractivity contribution in [1.82, 2.24) is 15.0 Å². The van der Waals surface area contributed by atoms with Crippen LogP contribution in [0, 0.1) is 0 Å². The number of carbonyl (C=O) groups is 1. The lowest BCUT2D eigenvalue weighted by molar-refractivity contribution is 0.0948. The molecule has 0 radical (unpaired) electrons. The Morgan fingerprint density at radius 2 is 1.97 bits per heavy atom. The lowest BCUT2D eigenvalue weighted by Gasteiger charge is -2.08. The van der Waals surface area contributed by atoms with Crippen molar-refractivity contribution in [2.24, 2.45) is 0 Å². The molecular formula is C20H16ClN3O4S2. The molecule has 4 rings (SSSR count). The highest BCUT2D eigenvalue weighted by Crippen LogP contribution is 2.31. The van der Waals surface area contributed by atoms with E-state index in [-0.39, 0.29) is 22.0 Å². The van der Waals surface area contributed by atoms with E-state index >= 15 is 0 Å². The van der Waals surface area contributed by atoms with E-state index in [0.29, 0.717) is 11.5 Å². The first-order valence-corrected chi connectivity index (χ1v) is 11.5. The monoisotopic (exact) mass is 461 g/mol. The minimum Gasteiger partial charge on any atom is -0.457 e. The van der Waals surface area contributed by atoms with Crippen molar-refractivity contribution in [3.8, 4) is 10.8 Å². The molecule has 2 heterocycles. The van der Waals surface area contributed by atoms with Gasteiger partial charge in [-0.25, -0.2) is 18.1 Å². The average molecular weight is 462 g/mol. The molecule has 0 spiro atoms. The van der Waals surface area contributed by atoms with E-state index < -0.39 is 15.9 Å². The molecular weight excluding hydrogens is 446 g/mol. The van der Waals surface area contributed by atoms with Crippen LogP contribution >= 0.6 is 22.9 Å². The molecule has 0 aliphatic rings. The highest BCUT2D eigenvalue weighted by atomic mass is 35.5. The Labute approximate surface area is 181 Å². The van der Waals surface area contributed by atoms with Crippen LogP contribution in [0.15, 0.2) is 63.9 Å². The van der Waals surface area contributed by atoms with Crippen LogP contribution in [0.25, 0.3) is 21.0 Å². The number of para-hydroxylation sites is 1. The van der Waals surface area contributed by atoms with Crippen molar-refractivity contribution in [3.05, 3.63) is 70.9 Å². The van der Waals surface area contributed by atoms with E-state index in [1.165, 1.54) is 36.6 Å². The smallest absolute Gasteiger partial charge is 0.251 e. The number of halogens is 1. The van der Waals surface area contributed by atoms with Gasteiger partial charge in [0.15, 0.2) is 10.8 Å². The molecule has 0 saturated heterocycles. The molecule has 0 saturated carbocycles. The van der Waals surface area contributed by atoms with E-state index in [0.717, 1.165) is 15.2 Å². The second-order valence-corrected chi connectivity index (χ2v) is 9.58. The lowest BCUT2D eigenvalue weighted by atomic mass is 10.2. The molecule has 0 aliphatic heterocycles. The minimum atomic E-state index is -3.78. The predicted molar refractivity (Wildman–Crippen MR) is 116 cm³/mol. The van der Waals surface area contributed by atoms with Crippen LogP contribution in [0.4, 0.5) is 0 Å². The zero-order valence-corrected chi connectivity index (χ0v) is 18.1. The van der Waals surface area contributed by atoms with Gasteiger partial charge in [-0.15, -0.1) is 11.3 Å². The summed E-state index contributed by atoms with van der Waals surface area (Å²) in [5.74, 6) is 0.723. The Morgan fingerprint density at radius 1 is 1.17 bits per heavy atom. The topological polar surface area (TPSA) is 101 Å². The summed E-state index contributed by atoms with van der Waals surface area (Å²) in [7, 11) is -2.50. The van der Waals surface area contributed by atoms with Crippen LogP contribution in [0.5, 0.6) is 0 Å². The molecule has 0 bridgehead atoms. The summed E-state index contributed by atoms with van der Waals surface area (Å²) < 4.78 is 33.1. The number of rotatable bonds is 6. The molecule has 0 aliphatic carbocycles. The van der Waals surface area contributed by atoms with Gasteiger partial charge in [0, 0.05) is 5.56 Å². The van der Waals surface area contributed by atoms with Gasteiger partial charge in [-0.1, -0.05) is 23.7 Å². The van der Waals surface area contributed by atoms with E-state index in [1.807, 2.05) is 24.3 Å². The number of furan rings is 1. The predicted octanol–water partition coefficient (Wildman–Crippen LogP) is 4.05. The van der Waals surface area contributed by atoms with E-state index in [1.54, 1.807) is 12.1 Å². The number of thiazole rings is 1. The molecule has 2 N–H and O–H groups in total. The molecule has 154 valence electrons. The summed E-state index contributed by atoms with van der Waals surface area (Å²) in [6.07, 6.45) is 0. The van der Waals surface area contributed by atoms with Gasteiger partial charge in [0.05, 0.1) is 21.8 Å².